The van der Waals surface area contributed by atoms with E-state index in [4.69, 9.17) is 23.2 Å². The van der Waals surface area contributed by atoms with Crippen molar-refractivity contribution >= 4 is 57.6 Å². The van der Waals surface area contributed by atoms with Crippen molar-refractivity contribution < 1.29 is 22.5 Å². The predicted octanol–water partition coefficient (Wildman–Crippen LogP) is 6.10. The molecule has 0 bridgehead atoms. The van der Waals surface area contributed by atoms with Gasteiger partial charge < -0.3 is 9.87 Å². The molecule has 32 heavy (non-hydrogen) atoms. The lowest BCUT2D eigenvalue weighted by atomic mass is 9.87. The summed E-state index contributed by atoms with van der Waals surface area (Å²) in [5.41, 5.74) is 2.25. The highest BCUT2D eigenvalue weighted by Gasteiger charge is 2.58. The van der Waals surface area contributed by atoms with E-state index in [1.807, 2.05) is 0 Å². The summed E-state index contributed by atoms with van der Waals surface area (Å²) in [5.74, 6) is 0.615. The normalized spacial score (nSPS) is 25.3. The molecule has 1 amide bonds. The lowest BCUT2D eigenvalue weighted by Crippen LogP contribution is -2.53. The lowest BCUT2D eigenvalue weighted by molar-refractivity contribution is -0.160. The van der Waals surface area contributed by atoms with Gasteiger partial charge in [0.25, 0.3) is 5.91 Å². The van der Waals surface area contributed by atoms with Gasteiger partial charge in [-0.3, -0.25) is 4.79 Å². The Morgan fingerprint density at radius 2 is 1.84 bits per heavy atom. The molecule has 2 aliphatic rings. The van der Waals surface area contributed by atoms with E-state index >= 15 is 0 Å². The van der Waals surface area contributed by atoms with Crippen LogP contribution < -0.4 is 5.32 Å². The van der Waals surface area contributed by atoms with Crippen molar-refractivity contribution in [1.82, 2.24) is 5.32 Å². The van der Waals surface area contributed by atoms with Crippen molar-refractivity contribution in [3.63, 3.8) is 0 Å². The van der Waals surface area contributed by atoms with Crippen LogP contribution in [0.15, 0.2) is 41.8 Å². The lowest BCUT2D eigenvalue weighted by Gasteiger charge is -2.32. The van der Waals surface area contributed by atoms with Gasteiger partial charge in [-0.1, -0.05) is 35.3 Å². The fraction of sp³-hybridized carbons (Fsp3) is 0.318. The van der Waals surface area contributed by atoms with Crippen LogP contribution in [-0.2, 0) is 15.9 Å². The van der Waals surface area contributed by atoms with Gasteiger partial charge in [0.2, 0.25) is 0 Å². The summed E-state index contributed by atoms with van der Waals surface area (Å²) in [7, 11) is 0. The fourth-order valence-corrected chi connectivity index (χ4v) is 6.53. The predicted molar refractivity (Wildman–Crippen MR) is 125 cm³/mol. The Hall–Kier alpha value is -1.32. The number of aryl methyl sites for hydroxylation is 1. The zero-order valence-electron chi connectivity index (χ0n) is 16.8. The highest BCUT2D eigenvalue weighted by atomic mass is 35.5. The van der Waals surface area contributed by atoms with E-state index in [2.05, 4.69) is 5.32 Å². The Bertz CT molecular complexity index is 1080. The van der Waals surface area contributed by atoms with Gasteiger partial charge in [0.05, 0.1) is 0 Å². The van der Waals surface area contributed by atoms with Crippen LogP contribution >= 0.6 is 35.0 Å². The topological polar surface area (TPSA) is 52.2 Å². The van der Waals surface area contributed by atoms with E-state index in [1.165, 1.54) is 23.6 Å². The largest absolute Gasteiger partial charge is 0.616 e. The van der Waals surface area contributed by atoms with E-state index in [0.717, 1.165) is 0 Å². The number of nitrogens with one attached hydrogen (secondary N) is 1. The van der Waals surface area contributed by atoms with Gasteiger partial charge in [-0.25, -0.2) is 0 Å². The van der Waals surface area contributed by atoms with Gasteiger partial charge in [0.1, 0.15) is 22.3 Å². The quantitative estimate of drug-likeness (QED) is 0.496. The van der Waals surface area contributed by atoms with Crippen LogP contribution in [0.3, 0.4) is 0 Å². The van der Waals surface area contributed by atoms with E-state index < -0.39 is 22.1 Å². The molecule has 170 valence electrons. The fourth-order valence-electron chi connectivity index (χ4n) is 3.85. The van der Waals surface area contributed by atoms with Crippen LogP contribution in [0.2, 0.25) is 10.0 Å². The van der Waals surface area contributed by atoms with Crippen molar-refractivity contribution in [2.45, 2.75) is 30.3 Å². The van der Waals surface area contributed by atoms with Crippen LogP contribution in [0.1, 0.15) is 33.5 Å². The van der Waals surface area contributed by atoms with Crippen molar-refractivity contribution in [1.29, 1.82) is 0 Å². The Balaban J connectivity index is 1.58. The monoisotopic (exact) mass is 519 g/mol. The molecule has 0 aromatic heterocycles. The average molecular weight is 520 g/mol. The third kappa shape index (κ3) is 4.53. The molecule has 0 spiro atoms. The maximum Gasteiger partial charge on any atom is 0.407 e. The van der Waals surface area contributed by atoms with Gasteiger partial charge >= 0.3 is 6.18 Å². The van der Waals surface area contributed by atoms with Gasteiger partial charge in [-0.15, -0.1) is 11.8 Å². The molecule has 0 saturated carbocycles. The molecular weight excluding hydrogens is 502 g/mol. The van der Waals surface area contributed by atoms with Crippen LogP contribution in [0.25, 0.3) is 5.57 Å². The number of carbonyl (C=O) groups excluding carboxylic acids is 1. The number of rotatable bonds is 4. The van der Waals surface area contributed by atoms with Crippen LogP contribution in [-0.4, -0.2) is 34.2 Å². The van der Waals surface area contributed by atoms with E-state index in [9.17, 15) is 22.5 Å². The number of thioether (sulfide) groups is 1. The zero-order chi connectivity index (χ0) is 23.3. The molecule has 2 aromatic carbocycles. The minimum atomic E-state index is -4.54. The Labute approximate surface area is 200 Å². The Kier molecular flexibility index (Phi) is 6.55. The van der Waals surface area contributed by atoms with E-state index in [1.54, 1.807) is 25.1 Å². The maximum atomic E-state index is 14.3. The number of halogens is 5. The molecule has 0 aliphatic carbocycles. The van der Waals surface area contributed by atoms with Crippen LogP contribution in [0, 0.1) is 6.92 Å². The van der Waals surface area contributed by atoms with E-state index in [-0.39, 0.29) is 34.0 Å². The van der Waals surface area contributed by atoms with Crippen molar-refractivity contribution in [2.24, 2.45) is 0 Å². The summed E-state index contributed by atoms with van der Waals surface area (Å²) >= 11 is 11.8. The SMILES string of the molecule is Cc1cc(C2=CS[C@](c3cc(Cl)cc(Cl)c3)(C(F)(F)F)C2)ccc1C(=O)N[C@H]1C[S@@+]([O-])C1. The summed E-state index contributed by atoms with van der Waals surface area (Å²) in [6, 6.07) is 8.90. The first-order valence-electron chi connectivity index (χ1n) is 9.65. The molecule has 1 atom stereocenters. The first kappa shape index (κ1) is 23.8. The van der Waals surface area contributed by atoms with Gasteiger partial charge in [0, 0.05) is 22.0 Å². The van der Waals surface area contributed by atoms with Crippen LogP contribution in [0.5, 0.6) is 0 Å². The number of hydrogen-bond donors (Lipinski definition) is 1. The minimum Gasteiger partial charge on any atom is -0.616 e. The van der Waals surface area contributed by atoms with E-state index in [0.29, 0.717) is 45.5 Å². The van der Waals surface area contributed by atoms with Crippen LogP contribution in [0.4, 0.5) is 13.2 Å². The Morgan fingerprint density at radius 3 is 2.41 bits per heavy atom. The molecule has 1 saturated heterocycles. The summed E-state index contributed by atoms with van der Waals surface area (Å²) in [6.45, 7) is 1.74. The first-order chi connectivity index (χ1) is 15.0. The molecule has 0 unspecified atom stereocenters. The molecule has 1 fully saturated rings. The number of hydrogen-bond acceptors (Lipinski definition) is 3. The molecule has 1 N–H and O–H groups in total. The Morgan fingerprint density at radius 1 is 1.19 bits per heavy atom. The minimum absolute atomic E-state index is 0.00403. The van der Waals surface area contributed by atoms with Gasteiger partial charge in [-0.2, -0.15) is 13.2 Å². The number of benzene rings is 2. The summed E-state index contributed by atoms with van der Waals surface area (Å²) in [6.07, 6.45) is -4.82. The van der Waals surface area contributed by atoms with Gasteiger partial charge in [0.15, 0.2) is 0 Å². The molecule has 2 heterocycles. The molecule has 2 aromatic rings. The molecule has 4 rings (SSSR count). The molecule has 10 heteroatoms. The number of carbonyl (C=O) groups is 1. The van der Waals surface area contributed by atoms with Crippen molar-refractivity contribution in [3.05, 3.63) is 74.1 Å². The molecule has 3 nitrogen and oxygen atoms in total. The maximum absolute atomic E-state index is 14.3. The zero-order valence-corrected chi connectivity index (χ0v) is 19.9. The highest BCUT2D eigenvalue weighted by Crippen LogP contribution is 2.60. The second-order valence-electron chi connectivity index (χ2n) is 7.89. The van der Waals surface area contributed by atoms with Gasteiger partial charge in [-0.05, 0) is 70.0 Å². The first-order valence-corrected chi connectivity index (χ1v) is 12.8. The summed E-state index contributed by atoms with van der Waals surface area (Å²) < 4.78 is 51.8. The second-order valence-corrected chi connectivity index (χ2v) is 11.5. The summed E-state index contributed by atoms with van der Waals surface area (Å²) in [5, 5.41) is 4.64. The molecule has 0 radical (unpaired) electrons. The second kappa shape index (κ2) is 8.80. The number of allylic oxidation sites excluding steroid dienone is 1. The molecule has 2 aliphatic heterocycles. The molecular formula is C22H18Cl2F3NO2S2. The number of amides is 1. The van der Waals surface area contributed by atoms with Crippen molar-refractivity contribution in [2.75, 3.05) is 11.5 Å². The summed E-state index contributed by atoms with van der Waals surface area (Å²) in [4.78, 5) is 12.5. The number of alkyl halides is 3. The highest BCUT2D eigenvalue weighted by molar-refractivity contribution is 8.03. The standard InChI is InChI=1S/C22H18Cl2F3NO2S2/c1-12-4-13(2-3-19(12)20(29)28-18-10-32(30)11-18)14-8-21(31-9-14,22(25,26)27)15-5-16(23)7-17(24)6-15/h2-7,9,18H,8,10-11H2,1H3,(H,28,29)/t18-,21-,32+/m1/s1. The smallest absolute Gasteiger partial charge is 0.407 e. The van der Waals surface area contributed by atoms with Crippen molar-refractivity contribution in [3.8, 4) is 0 Å². The third-order valence-electron chi connectivity index (χ3n) is 5.58. The average Bonchev–Trinajstić information content (AvgIpc) is 3.12. The third-order valence-corrected chi connectivity index (χ3v) is 8.98.